The van der Waals surface area contributed by atoms with Gasteiger partial charge in [-0.05, 0) is 43.9 Å². The van der Waals surface area contributed by atoms with Crippen molar-refractivity contribution in [3.05, 3.63) is 42.0 Å². The van der Waals surface area contributed by atoms with Gasteiger partial charge in [-0.3, -0.25) is 14.5 Å². The van der Waals surface area contributed by atoms with Crippen molar-refractivity contribution in [2.75, 3.05) is 13.2 Å². The summed E-state index contributed by atoms with van der Waals surface area (Å²) < 4.78 is 5.67. The number of allylic oxidation sites excluding steroid dienone is 2. The lowest BCUT2D eigenvalue weighted by Gasteiger charge is -2.15. The van der Waals surface area contributed by atoms with Gasteiger partial charge in [0.25, 0.3) is 0 Å². The second-order valence-corrected chi connectivity index (χ2v) is 6.00. The molecule has 116 valence electrons. The van der Waals surface area contributed by atoms with Crippen molar-refractivity contribution in [2.45, 2.75) is 26.2 Å². The van der Waals surface area contributed by atoms with E-state index in [1.807, 2.05) is 43.3 Å². The number of amides is 2. The molecule has 1 aromatic rings. The highest BCUT2D eigenvalue weighted by Crippen LogP contribution is 2.34. The Morgan fingerprint density at radius 3 is 2.45 bits per heavy atom. The number of hydrogen-bond donors (Lipinski definition) is 0. The van der Waals surface area contributed by atoms with Crippen molar-refractivity contribution in [1.29, 1.82) is 0 Å². The number of imide groups is 1. The van der Waals surface area contributed by atoms with Gasteiger partial charge < -0.3 is 4.74 Å². The molecular weight excluding hydrogens is 278 g/mol. The predicted molar refractivity (Wildman–Crippen MR) is 83.4 cm³/mol. The first-order valence-corrected chi connectivity index (χ1v) is 7.86. The summed E-state index contributed by atoms with van der Waals surface area (Å²) in [4.78, 5) is 26.0. The number of nitrogens with zero attached hydrogens (tertiary/aromatic N) is 1. The van der Waals surface area contributed by atoms with E-state index < -0.39 is 0 Å². The fraction of sp³-hybridized carbons (Fsp3) is 0.444. The molecule has 1 fully saturated rings. The molecule has 0 spiro atoms. The maximum atomic E-state index is 12.3. The summed E-state index contributed by atoms with van der Waals surface area (Å²) in [5.41, 5.74) is 1.15. The van der Waals surface area contributed by atoms with Crippen LogP contribution in [0.3, 0.4) is 0 Å². The second-order valence-electron chi connectivity index (χ2n) is 6.00. The number of carbonyl (C=O) groups is 2. The van der Waals surface area contributed by atoms with Crippen molar-refractivity contribution in [1.82, 2.24) is 4.90 Å². The van der Waals surface area contributed by atoms with Crippen molar-refractivity contribution < 1.29 is 14.3 Å². The molecule has 3 rings (SSSR count). The van der Waals surface area contributed by atoms with Crippen molar-refractivity contribution in [3.8, 4) is 5.75 Å². The number of aryl methyl sites for hydroxylation is 1. The van der Waals surface area contributed by atoms with Crippen LogP contribution in [0.2, 0.25) is 0 Å². The lowest BCUT2D eigenvalue weighted by Crippen LogP contribution is -2.32. The molecule has 1 aliphatic heterocycles. The maximum absolute atomic E-state index is 12.3. The number of fused-ring (bicyclic) bond motifs is 1. The summed E-state index contributed by atoms with van der Waals surface area (Å²) in [6.45, 7) is 2.98. The minimum absolute atomic E-state index is 0.00472. The van der Waals surface area contributed by atoms with E-state index in [1.54, 1.807) is 0 Å². The number of ether oxygens (including phenoxy) is 1. The molecule has 2 atom stereocenters. The normalized spacial score (nSPS) is 23.8. The average Bonchev–Trinajstić information content (AvgIpc) is 2.77. The van der Waals surface area contributed by atoms with Crippen LogP contribution in [0.25, 0.3) is 0 Å². The zero-order valence-corrected chi connectivity index (χ0v) is 12.8. The average molecular weight is 299 g/mol. The van der Waals surface area contributed by atoms with Crippen LogP contribution in [0.15, 0.2) is 36.4 Å². The molecule has 1 heterocycles. The SMILES string of the molecule is Cc1cccc(OCCCN2C(=O)C3CC=CCC3C2=O)c1. The fourth-order valence-electron chi connectivity index (χ4n) is 3.21. The first-order chi connectivity index (χ1) is 10.7. The van der Waals surface area contributed by atoms with E-state index in [0.29, 0.717) is 32.4 Å². The van der Waals surface area contributed by atoms with E-state index in [0.717, 1.165) is 11.3 Å². The van der Waals surface area contributed by atoms with Crippen LogP contribution in [-0.2, 0) is 9.59 Å². The Labute approximate surface area is 130 Å². The van der Waals surface area contributed by atoms with Gasteiger partial charge in [-0.15, -0.1) is 0 Å². The molecule has 1 aliphatic carbocycles. The lowest BCUT2D eigenvalue weighted by molar-refractivity contribution is -0.140. The summed E-state index contributed by atoms with van der Waals surface area (Å²) in [7, 11) is 0. The minimum Gasteiger partial charge on any atom is -0.494 e. The Kier molecular flexibility index (Phi) is 4.27. The van der Waals surface area contributed by atoms with Gasteiger partial charge in [-0.2, -0.15) is 0 Å². The van der Waals surface area contributed by atoms with Gasteiger partial charge >= 0.3 is 0 Å². The first kappa shape index (κ1) is 14.8. The monoisotopic (exact) mass is 299 g/mol. The van der Waals surface area contributed by atoms with Crippen LogP contribution in [0.5, 0.6) is 5.75 Å². The van der Waals surface area contributed by atoms with Gasteiger partial charge in [-0.1, -0.05) is 24.3 Å². The standard InChI is InChI=1S/C18H21NO3/c1-13-6-4-7-14(12-13)22-11-5-10-19-17(20)15-8-2-3-9-16(15)18(19)21/h2-4,6-7,12,15-16H,5,8-11H2,1H3. The van der Waals surface area contributed by atoms with Crippen LogP contribution in [0, 0.1) is 18.8 Å². The zero-order chi connectivity index (χ0) is 15.5. The zero-order valence-electron chi connectivity index (χ0n) is 12.8. The molecule has 0 N–H and O–H groups in total. The molecule has 4 nitrogen and oxygen atoms in total. The van der Waals surface area contributed by atoms with Crippen molar-refractivity contribution in [3.63, 3.8) is 0 Å². The second kappa shape index (κ2) is 6.34. The molecule has 0 bridgehead atoms. The number of likely N-dealkylation sites (tertiary alicyclic amines) is 1. The van der Waals surface area contributed by atoms with Crippen LogP contribution >= 0.6 is 0 Å². The van der Waals surface area contributed by atoms with Crippen molar-refractivity contribution >= 4 is 11.8 Å². The lowest BCUT2D eigenvalue weighted by atomic mass is 9.85. The van der Waals surface area contributed by atoms with Gasteiger partial charge in [-0.25, -0.2) is 0 Å². The van der Waals surface area contributed by atoms with E-state index in [9.17, 15) is 9.59 Å². The Bertz CT molecular complexity index is 582. The maximum Gasteiger partial charge on any atom is 0.233 e. The van der Waals surface area contributed by atoms with Gasteiger partial charge in [0.2, 0.25) is 11.8 Å². The van der Waals surface area contributed by atoms with Gasteiger partial charge in [0.1, 0.15) is 5.75 Å². The quantitative estimate of drug-likeness (QED) is 0.477. The number of carbonyl (C=O) groups excluding carboxylic acids is 2. The van der Waals surface area contributed by atoms with E-state index in [2.05, 4.69) is 0 Å². The Morgan fingerprint density at radius 1 is 1.14 bits per heavy atom. The molecule has 4 heteroatoms. The van der Waals surface area contributed by atoms with E-state index >= 15 is 0 Å². The number of rotatable bonds is 5. The molecule has 2 aliphatic rings. The number of hydrogen-bond acceptors (Lipinski definition) is 3. The van der Waals surface area contributed by atoms with Gasteiger partial charge in [0.05, 0.1) is 18.4 Å². The molecule has 0 radical (unpaired) electrons. The van der Waals surface area contributed by atoms with Gasteiger partial charge in [0, 0.05) is 6.54 Å². The Morgan fingerprint density at radius 2 is 1.82 bits per heavy atom. The largest absolute Gasteiger partial charge is 0.494 e. The molecule has 0 saturated carbocycles. The van der Waals surface area contributed by atoms with E-state index in [-0.39, 0.29) is 23.7 Å². The predicted octanol–water partition coefficient (Wildman–Crippen LogP) is 2.72. The summed E-state index contributed by atoms with van der Waals surface area (Å²) in [5, 5.41) is 0. The molecular formula is C18H21NO3. The van der Waals surface area contributed by atoms with E-state index in [1.165, 1.54) is 4.90 Å². The summed E-state index contributed by atoms with van der Waals surface area (Å²) >= 11 is 0. The van der Waals surface area contributed by atoms with Crippen LogP contribution in [0.4, 0.5) is 0 Å². The topological polar surface area (TPSA) is 46.6 Å². The van der Waals surface area contributed by atoms with Crippen molar-refractivity contribution in [2.24, 2.45) is 11.8 Å². The third-order valence-electron chi connectivity index (χ3n) is 4.38. The molecule has 1 saturated heterocycles. The summed E-state index contributed by atoms with van der Waals surface area (Å²) in [6.07, 6.45) is 6.09. The number of benzene rings is 1. The Balaban J connectivity index is 1.50. The molecule has 1 aromatic carbocycles. The molecule has 2 amide bonds. The highest BCUT2D eigenvalue weighted by Gasteiger charge is 2.46. The van der Waals surface area contributed by atoms with Crippen LogP contribution in [-0.4, -0.2) is 29.9 Å². The third kappa shape index (κ3) is 2.91. The van der Waals surface area contributed by atoms with Gasteiger partial charge in [0.15, 0.2) is 0 Å². The first-order valence-electron chi connectivity index (χ1n) is 7.86. The van der Waals surface area contributed by atoms with Crippen LogP contribution in [0.1, 0.15) is 24.8 Å². The smallest absolute Gasteiger partial charge is 0.233 e. The minimum atomic E-state index is -0.129. The molecule has 2 unspecified atom stereocenters. The molecule has 22 heavy (non-hydrogen) atoms. The highest BCUT2D eigenvalue weighted by molar-refractivity contribution is 6.05. The fourth-order valence-corrected chi connectivity index (χ4v) is 3.21. The molecule has 0 aromatic heterocycles. The third-order valence-corrected chi connectivity index (χ3v) is 4.38. The van der Waals surface area contributed by atoms with Crippen LogP contribution < -0.4 is 4.74 Å². The summed E-state index contributed by atoms with van der Waals surface area (Å²) in [5.74, 6) is 0.562. The highest BCUT2D eigenvalue weighted by atomic mass is 16.5. The summed E-state index contributed by atoms with van der Waals surface area (Å²) in [6, 6.07) is 7.87. The van der Waals surface area contributed by atoms with E-state index in [4.69, 9.17) is 4.74 Å². The Hall–Kier alpha value is -2.10.